The molecular weight excluding hydrogens is 170 g/mol. The van der Waals surface area contributed by atoms with Crippen LogP contribution in [0.15, 0.2) is 17.5 Å². The highest BCUT2D eigenvalue weighted by molar-refractivity contribution is 5.76. The van der Waals surface area contributed by atoms with Crippen molar-refractivity contribution in [3.63, 3.8) is 0 Å². The largest absolute Gasteiger partial charge is 0.408 e. The molecule has 3 N–H and O–H groups in total. The first-order chi connectivity index (χ1) is 6.13. The summed E-state index contributed by atoms with van der Waals surface area (Å²) < 4.78 is 1.70. The van der Waals surface area contributed by atoms with E-state index in [1.807, 2.05) is 13.2 Å². The van der Waals surface area contributed by atoms with Gasteiger partial charge in [0.2, 0.25) is 5.96 Å². The van der Waals surface area contributed by atoms with E-state index in [0.29, 0.717) is 6.54 Å². The normalized spacial score (nSPS) is 11.7. The molecule has 0 unspecified atom stereocenters. The monoisotopic (exact) mass is 183 g/mol. The predicted molar refractivity (Wildman–Crippen MR) is 48.1 cm³/mol. The van der Waals surface area contributed by atoms with Gasteiger partial charge in [0.25, 0.3) is 0 Å². The van der Waals surface area contributed by atoms with E-state index in [2.05, 4.69) is 10.3 Å². The molecule has 0 bridgehead atoms. The van der Waals surface area contributed by atoms with Gasteiger partial charge in [-0.25, -0.2) is 0 Å². The highest BCUT2D eigenvalue weighted by Crippen LogP contribution is 2.00. The Morgan fingerprint density at radius 1 is 1.85 bits per heavy atom. The molecule has 0 aliphatic heterocycles. The third-order valence-corrected chi connectivity index (χ3v) is 1.67. The van der Waals surface area contributed by atoms with Crippen LogP contribution in [0.3, 0.4) is 0 Å². The Hall–Kier alpha value is -1.72. The van der Waals surface area contributed by atoms with Crippen LogP contribution >= 0.6 is 0 Å². The molecule has 0 amide bonds. The lowest BCUT2D eigenvalue weighted by molar-refractivity contribution is 0.304. The Kier molecular flexibility index (Phi) is 2.73. The van der Waals surface area contributed by atoms with Crippen molar-refractivity contribution >= 4 is 5.96 Å². The molecule has 0 saturated heterocycles. The lowest BCUT2D eigenvalue weighted by atomic mass is 10.3. The molecule has 6 heteroatoms. The van der Waals surface area contributed by atoms with Gasteiger partial charge in [-0.3, -0.25) is 4.68 Å². The Balaban J connectivity index is 2.59. The second kappa shape index (κ2) is 3.79. The summed E-state index contributed by atoms with van der Waals surface area (Å²) >= 11 is 0. The molecule has 0 aromatic carbocycles. The van der Waals surface area contributed by atoms with Gasteiger partial charge in [-0.05, 0) is 0 Å². The van der Waals surface area contributed by atoms with Crippen molar-refractivity contribution < 1.29 is 5.21 Å². The van der Waals surface area contributed by atoms with E-state index in [1.54, 1.807) is 22.8 Å². The molecule has 1 heterocycles. The number of hydrogen-bond acceptors (Lipinski definition) is 3. The van der Waals surface area contributed by atoms with Crippen molar-refractivity contribution in [3.05, 3.63) is 18.0 Å². The maximum Gasteiger partial charge on any atom is 0.233 e. The van der Waals surface area contributed by atoms with Crippen molar-refractivity contribution in [1.82, 2.24) is 14.7 Å². The van der Waals surface area contributed by atoms with E-state index in [9.17, 15) is 0 Å². The highest BCUT2D eigenvalue weighted by atomic mass is 16.4. The third-order valence-electron chi connectivity index (χ3n) is 1.67. The first-order valence-electron chi connectivity index (χ1n) is 3.79. The van der Waals surface area contributed by atoms with Gasteiger partial charge < -0.3 is 15.8 Å². The SMILES string of the molecule is CN(Cc1cnn(C)c1)C(N)=NO. The average molecular weight is 183 g/mol. The van der Waals surface area contributed by atoms with Crippen molar-refractivity contribution in [2.75, 3.05) is 7.05 Å². The molecule has 0 saturated carbocycles. The summed E-state index contributed by atoms with van der Waals surface area (Å²) in [6, 6.07) is 0. The number of oxime groups is 1. The van der Waals surface area contributed by atoms with Crippen molar-refractivity contribution in [1.29, 1.82) is 0 Å². The van der Waals surface area contributed by atoms with Crippen LogP contribution in [0.2, 0.25) is 0 Å². The summed E-state index contributed by atoms with van der Waals surface area (Å²) in [7, 11) is 3.58. The van der Waals surface area contributed by atoms with Gasteiger partial charge >= 0.3 is 0 Å². The number of guanidine groups is 1. The summed E-state index contributed by atoms with van der Waals surface area (Å²) in [4.78, 5) is 1.62. The van der Waals surface area contributed by atoms with Crippen LogP contribution in [0.5, 0.6) is 0 Å². The first-order valence-corrected chi connectivity index (χ1v) is 3.79. The molecule has 13 heavy (non-hydrogen) atoms. The summed E-state index contributed by atoms with van der Waals surface area (Å²) in [6.45, 7) is 0.573. The summed E-state index contributed by atoms with van der Waals surface area (Å²) in [5.74, 6) is 0.0869. The fraction of sp³-hybridized carbons (Fsp3) is 0.429. The maximum atomic E-state index is 8.39. The Morgan fingerprint density at radius 2 is 2.54 bits per heavy atom. The van der Waals surface area contributed by atoms with Crippen LogP contribution in [0, 0.1) is 0 Å². The maximum absolute atomic E-state index is 8.39. The van der Waals surface area contributed by atoms with E-state index >= 15 is 0 Å². The van der Waals surface area contributed by atoms with Crippen molar-refractivity contribution in [3.8, 4) is 0 Å². The van der Waals surface area contributed by atoms with Gasteiger partial charge in [-0.15, -0.1) is 0 Å². The fourth-order valence-corrected chi connectivity index (χ4v) is 0.985. The molecule has 72 valence electrons. The summed E-state index contributed by atoms with van der Waals surface area (Å²) in [5.41, 5.74) is 6.38. The Bertz CT molecular complexity index is 306. The zero-order valence-corrected chi connectivity index (χ0v) is 7.68. The van der Waals surface area contributed by atoms with Gasteiger partial charge in [0, 0.05) is 32.4 Å². The molecule has 1 rings (SSSR count). The lowest BCUT2D eigenvalue weighted by Crippen LogP contribution is -2.33. The van der Waals surface area contributed by atoms with E-state index < -0.39 is 0 Å². The molecule has 0 aliphatic carbocycles. The van der Waals surface area contributed by atoms with Crippen molar-refractivity contribution in [2.24, 2.45) is 17.9 Å². The predicted octanol–water partition coefficient (Wildman–Crippen LogP) is -0.444. The van der Waals surface area contributed by atoms with E-state index in [1.165, 1.54) is 0 Å². The lowest BCUT2D eigenvalue weighted by Gasteiger charge is -2.14. The van der Waals surface area contributed by atoms with Crippen LogP contribution in [-0.4, -0.2) is 32.9 Å². The topological polar surface area (TPSA) is 79.7 Å². The zero-order valence-electron chi connectivity index (χ0n) is 7.68. The molecule has 0 spiro atoms. The molecular formula is C7H13N5O. The molecule has 0 fully saturated rings. The molecule has 1 aromatic heterocycles. The minimum Gasteiger partial charge on any atom is -0.408 e. The van der Waals surface area contributed by atoms with Gasteiger partial charge in [0.1, 0.15) is 0 Å². The second-order valence-electron chi connectivity index (χ2n) is 2.84. The molecule has 0 atom stereocenters. The van der Waals surface area contributed by atoms with Crippen LogP contribution in [0.4, 0.5) is 0 Å². The number of hydrogen-bond donors (Lipinski definition) is 2. The van der Waals surface area contributed by atoms with Crippen LogP contribution < -0.4 is 5.73 Å². The summed E-state index contributed by atoms with van der Waals surface area (Å²) in [6.07, 6.45) is 3.61. The number of nitrogens with zero attached hydrogens (tertiary/aromatic N) is 4. The van der Waals surface area contributed by atoms with E-state index in [-0.39, 0.29) is 5.96 Å². The number of nitrogens with two attached hydrogens (primary N) is 1. The van der Waals surface area contributed by atoms with Gasteiger partial charge in [-0.1, -0.05) is 5.16 Å². The number of aromatic nitrogens is 2. The van der Waals surface area contributed by atoms with Gasteiger partial charge in [0.05, 0.1) is 6.20 Å². The third kappa shape index (κ3) is 2.36. The number of rotatable bonds is 2. The minimum absolute atomic E-state index is 0.0869. The quantitative estimate of drug-likeness (QED) is 0.282. The van der Waals surface area contributed by atoms with Crippen LogP contribution in [-0.2, 0) is 13.6 Å². The van der Waals surface area contributed by atoms with E-state index in [4.69, 9.17) is 10.9 Å². The molecule has 1 aromatic rings. The fourth-order valence-electron chi connectivity index (χ4n) is 0.985. The summed E-state index contributed by atoms with van der Waals surface area (Å²) in [5, 5.41) is 15.3. The average Bonchev–Trinajstić information content (AvgIpc) is 2.49. The first kappa shape index (κ1) is 9.37. The van der Waals surface area contributed by atoms with Crippen LogP contribution in [0.25, 0.3) is 0 Å². The van der Waals surface area contributed by atoms with Crippen molar-refractivity contribution in [2.45, 2.75) is 6.54 Å². The van der Waals surface area contributed by atoms with Gasteiger partial charge in [0.15, 0.2) is 0 Å². The Labute approximate surface area is 76.2 Å². The molecule has 0 radical (unpaired) electrons. The number of aryl methyl sites for hydroxylation is 1. The standard InChI is InChI=1S/C7H13N5O/c1-11(7(8)10-13)4-6-3-9-12(2)5-6/h3,5,13H,4H2,1-2H3,(H2,8,10). The second-order valence-corrected chi connectivity index (χ2v) is 2.84. The Morgan fingerprint density at radius 3 is 3.00 bits per heavy atom. The smallest absolute Gasteiger partial charge is 0.233 e. The molecule has 6 nitrogen and oxygen atoms in total. The highest BCUT2D eigenvalue weighted by Gasteiger charge is 2.04. The van der Waals surface area contributed by atoms with E-state index in [0.717, 1.165) is 5.56 Å². The minimum atomic E-state index is 0.0869. The van der Waals surface area contributed by atoms with Gasteiger partial charge in [-0.2, -0.15) is 5.10 Å². The van der Waals surface area contributed by atoms with Crippen LogP contribution in [0.1, 0.15) is 5.56 Å². The molecule has 0 aliphatic rings. The zero-order chi connectivity index (χ0) is 9.84.